The Morgan fingerprint density at radius 1 is 1.67 bits per heavy atom. The average Bonchev–Trinajstić information content (AvgIpc) is 2.44. The summed E-state index contributed by atoms with van der Waals surface area (Å²) in [5.41, 5.74) is 1.41. The first-order valence-corrected chi connectivity index (χ1v) is 4.01. The van der Waals surface area contributed by atoms with Gasteiger partial charge >= 0.3 is 0 Å². The monoisotopic (exact) mass is 166 g/mol. The summed E-state index contributed by atoms with van der Waals surface area (Å²) in [6.45, 7) is 0. The van der Waals surface area contributed by atoms with Crippen LogP contribution in [0.4, 0.5) is 0 Å². The zero-order valence-corrected chi connectivity index (χ0v) is 6.58. The number of Topliss-reactive ketones (excluding diaryl/α,β-unsaturated/α-hetero) is 1. The Balaban J connectivity index is 2.38. The number of nitrogens with one attached hydrogen (secondary N) is 1. The van der Waals surface area contributed by atoms with Crippen LogP contribution >= 0.6 is 0 Å². The Labute approximate surface area is 69.6 Å². The highest BCUT2D eigenvalue weighted by molar-refractivity contribution is 5.97. The second-order valence-corrected chi connectivity index (χ2v) is 3.08. The number of nitrogens with zero attached hydrogens (tertiary/aromatic N) is 1. The number of rotatable bonds is 0. The Morgan fingerprint density at radius 3 is 3.33 bits per heavy atom. The van der Waals surface area contributed by atoms with E-state index in [9.17, 15) is 9.90 Å². The second kappa shape index (κ2) is 2.71. The lowest BCUT2D eigenvalue weighted by Gasteiger charge is -2.02. The number of aromatic amines is 1. The Bertz CT molecular complexity index is 306. The minimum Gasteiger partial charge on any atom is -0.393 e. The Hall–Kier alpha value is -1.16. The third-order valence-corrected chi connectivity index (χ3v) is 2.16. The number of ketones is 1. The number of aliphatic hydroxyl groups is 1. The summed E-state index contributed by atoms with van der Waals surface area (Å²) >= 11 is 0. The minimum absolute atomic E-state index is 0.0790. The van der Waals surface area contributed by atoms with Crippen LogP contribution in [-0.2, 0) is 6.42 Å². The van der Waals surface area contributed by atoms with Crippen molar-refractivity contribution in [1.82, 2.24) is 10.2 Å². The van der Waals surface area contributed by atoms with E-state index in [2.05, 4.69) is 10.2 Å². The number of carbonyl (C=O) groups excluding carboxylic acids is 1. The standard InChI is InChI=1S/C8H10N2O2/c11-5-1-2-8(12)6-4-9-10-7(6)3-5/h4-5,11H,1-3H2,(H,9,10). The molecule has 12 heavy (non-hydrogen) atoms. The van der Waals surface area contributed by atoms with E-state index in [1.54, 1.807) is 0 Å². The lowest BCUT2D eigenvalue weighted by molar-refractivity contribution is 0.0955. The molecule has 1 aliphatic carbocycles. The van der Waals surface area contributed by atoms with Gasteiger partial charge in [-0.05, 0) is 6.42 Å². The molecule has 0 fully saturated rings. The maximum absolute atomic E-state index is 11.3. The topological polar surface area (TPSA) is 66.0 Å². The molecule has 1 unspecified atom stereocenters. The van der Waals surface area contributed by atoms with E-state index in [1.165, 1.54) is 6.20 Å². The third-order valence-electron chi connectivity index (χ3n) is 2.16. The highest BCUT2D eigenvalue weighted by Crippen LogP contribution is 2.18. The molecule has 0 bridgehead atoms. The number of fused-ring (bicyclic) bond motifs is 1. The summed E-state index contributed by atoms with van der Waals surface area (Å²) in [6, 6.07) is 0. The van der Waals surface area contributed by atoms with Gasteiger partial charge in [-0.25, -0.2) is 0 Å². The van der Waals surface area contributed by atoms with Gasteiger partial charge in [0.2, 0.25) is 0 Å². The summed E-state index contributed by atoms with van der Waals surface area (Å²) in [5, 5.41) is 15.9. The molecule has 1 aliphatic rings. The van der Waals surface area contributed by atoms with Crippen molar-refractivity contribution in [3.8, 4) is 0 Å². The summed E-state index contributed by atoms with van der Waals surface area (Å²) < 4.78 is 0. The molecule has 1 aromatic rings. The zero-order chi connectivity index (χ0) is 8.55. The van der Waals surface area contributed by atoms with Crippen LogP contribution in [0.25, 0.3) is 0 Å². The van der Waals surface area contributed by atoms with Gasteiger partial charge in [-0.1, -0.05) is 0 Å². The van der Waals surface area contributed by atoms with Gasteiger partial charge in [-0.3, -0.25) is 9.89 Å². The summed E-state index contributed by atoms with van der Waals surface area (Å²) in [4.78, 5) is 11.3. The first-order chi connectivity index (χ1) is 5.77. The van der Waals surface area contributed by atoms with Crippen molar-refractivity contribution in [2.75, 3.05) is 0 Å². The van der Waals surface area contributed by atoms with Crippen molar-refractivity contribution in [3.63, 3.8) is 0 Å². The van der Waals surface area contributed by atoms with Gasteiger partial charge in [-0.15, -0.1) is 0 Å². The molecule has 1 aromatic heterocycles. The summed E-state index contributed by atoms with van der Waals surface area (Å²) in [7, 11) is 0. The smallest absolute Gasteiger partial charge is 0.166 e. The maximum Gasteiger partial charge on any atom is 0.166 e. The number of aliphatic hydroxyl groups excluding tert-OH is 1. The predicted octanol–water partition coefficient (Wildman–Crippen LogP) is 0.290. The lowest BCUT2D eigenvalue weighted by Crippen LogP contribution is -2.08. The molecular formula is C8H10N2O2. The minimum atomic E-state index is -0.407. The van der Waals surface area contributed by atoms with Crippen LogP contribution in [0, 0.1) is 0 Å². The first-order valence-electron chi connectivity index (χ1n) is 4.01. The van der Waals surface area contributed by atoms with Crippen molar-refractivity contribution in [2.24, 2.45) is 0 Å². The van der Waals surface area contributed by atoms with Gasteiger partial charge in [0.05, 0.1) is 17.9 Å². The number of carbonyl (C=O) groups is 1. The van der Waals surface area contributed by atoms with Crippen molar-refractivity contribution in [3.05, 3.63) is 17.5 Å². The van der Waals surface area contributed by atoms with Gasteiger partial charge in [0.15, 0.2) is 5.78 Å². The van der Waals surface area contributed by atoms with E-state index < -0.39 is 6.10 Å². The molecule has 1 heterocycles. The molecule has 1 atom stereocenters. The summed E-state index contributed by atoms with van der Waals surface area (Å²) in [6.07, 6.45) is 2.63. The molecule has 4 heteroatoms. The van der Waals surface area contributed by atoms with Crippen molar-refractivity contribution >= 4 is 5.78 Å². The molecule has 0 saturated heterocycles. The quantitative estimate of drug-likeness (QED) is 0.544. The van der Waals surface area contributed by atoms with E-state index in [1.807, 2.05) is 0 Å². The second-order valence-electron chi connectivity index (χ2n) is 3.08. The van der Waals surface area contributed by atoms with Gasteiger partial charge in [0, 0.05) is 18.5 Å². The van der Waals surface area contributed by atoms with Gasteiger partial charge in [0.25, 0.3) is 0 Å². The van der Waals surface area contributed by atoms with Gasteiger partial charge < -0.3 is 5.11 Å². The van der Waals surface area contributed by atoms with E-state index in [0.29, 0.717) is 24.8 Å². The van der Waals surface area contributed by atoms with Crippen LogP contribution in [-0.4, -0.2) is 27.2 Å². The fourth-order valence-corrected chi connectivity index (χ4v) is 1.48. The van der Waals surface area contributed by atoms with E-state index in [4.69, 9.17) is 0 Å². The van der Waals surface area contributed by atoms with Gasteiger partial charge in [-0.2, -0.15) is 5.10 Å². The number of hydrogen-bond donors (Lipinski definition) is 2. The normalized spacial score (nSPS) is 23.4. The number of aromatic nitrogens is 2. The maximum atomic E-state index is 11.3. The fraction of sp³-hybridized carbons (Fsp3) is 0.500. The first kappa shape index (κ1) is 7.49. The SMILES string of the molecule is O=C1CCC(O)Cc2[nH]ncc21. The van der Waals surface area contributed by atoms with Crippen molar-refractivity contribution < 1.29 is 9.90 Å². The number of H-pyrrole nitrogens is 1. The van der Waals surface area contributed by atoms with E-state index in [0.717, 1.165) is 5.69 Å². The van der Waals surface area contributed by atoms with Crippen LogP contribution < -0.4 is 0 Å². The third kappa shape index (κ3) is 1.14. The molecule has 0 aliphatic heterocycles. The summed E-state index contributed by atoms with van der Waals surface area (Å²) in [5.74, 6) is 0.0790. The average molecular weight is 166 g/mol. The van der Waals surface area contributed by atoms with Crippen LogP contribution in [0.2, 0.25) is 0 Å². The molecule has 0 radical (unpaired) electrons. The molecule has 0 spiro atoms. The lowest BCUT2D eigenvalue weighted by atomic mass is 10.1. The highest BCUT2D eigenvalue weighted by atomic mass is 16.3. The largest absolute Gasteiger partial charge is 0.393 e. The van der Waals surface area contributed by atoms with Gasteiger partial charge in [0.1, 0.15) is 0 Å². The zero-order valence-electron chi connectivity index (χ0n) is 6.58. The van der Waals surface area contributed by atoms with E-state index >= 15 is 0 Å². The molecule has 2 N–H and O–H groups in total. The number of hydrogen-bond acceptors (Lipinski definition) is 3. The Morgan fingerprint density at radius 2 is 2.50 bits per heavy atom. The van der Waals surface area contributed by atoms with E-state index in [-0.39, 0.29) is 5.78 Å². The van der Waals surface area contributed by atoms with Crippen LogP contribution in [0.1, 0.15) is 28.9 Å². The molecular weight excluding hydrogens is 156 g/mol. The molecule has 0 amide bonds. The fourth-order valence-electron chi connectivity index (χ4n) is 1.48. The molecule has 4 nitrogen and oxygen atoms in total. The van der Waals surface area contributed by atoms with Crippen molar-refractivity contribution in [1.29, 1.82) is 0 Å². The highest BCUT2D eigenvalue weighted by Gasteiger charge is 2.21. The molecule has 0 saturated carbocycles. The molecule has 64 valence electrons. The van der Waals surface area contributed by atoms with Crippen molar-refractivity contribution in [2.45, 2.75) is 25.4 Å². The van der Waals surface area contributed by atoms with Crippen LogP contribution in [0.3, 0.4) is 0 Å². The Kier molecular flexibility index (Phi) is 1.69. The predicted molar refractivity (Wildman–Crippen MR) is 41.9 cm³/mol. The van der Waals surface area contributed by atoms with Crippen LogP contribution in [0.15, 0.2) is 6.20 Å². The molecule has 0 aromatic carbocycles. The molecule has 2 rings (SSSR count). The van der Waals surface area contributed by atoms with Crippen LogP contribution in [0.5, 0.6) is 0 Å².